The van der Waals surface area contributed by atoms with E-state index in [9.17, 15) is 0 Å². The van der Waals surface area contributed by atoms with Crippen LogP contribution in [0.2, 0.25) is 5.02 Å². The van der Waals surface area contributed by atoms with Gasteiger partial charge in [0.05, 0.1) is 17.5 Å². The van der Waals surface area contributed by atoms with Gasteiger partial charge in [0.1, 0.15) is 0 Å². The van der Waals surface area contributed by atoms with E-state index in [1.54, 1.807) is 23.9 Å². The van der Waals surface area contributed by atoms with Crippen LogP contribution in [0.4, 0.5) is 0 Å². The zero-order chi connectivity index (χ0) is 12.3. The average Bonchev–Trinajstić information content (AvgIpc) is 2.91. The van der Waals surface area contributed by atoms with Gasteiger partial charge in [0.25, 0.3) is 0 Å². The van der Waals surface area contributed by atoms with Gasteiger partial charge in [0.15, 0.2) is 0 Å². The van der Waals surface area contributed by atoms with E-state index in [0.29, 0.717) is 0 Å². The van der Waals surface area contributed by atoms with Crippen LogP contribution in [0, 0.1) is 6.92 Å². The summed E-state index contributed by atoms with van der Waals surface area (Å²) in [6.45, 7) is 5.08. The summed E-state index contributed by atoms with van der Waals surface area (Å²) in [7, 11) is 0. The lowest BCUT2D eigenvalue weighted by atomic mass is 10.1. The molecule has 4 heteroatoms. The van der Waals surface area contributed by atoms with E-state index in [1.807, 2.05) is 13.0 Å². The summed E-state index contributed by atoms with van der Waals surface area (Å²) in [4.78, 5) is 1.22. The molecule has 2 aromatic rings. The summed E-state index contributed by atoms with van der Waals surface area (Å²) >= 11 is 8.05. The van der Waals surface area contributed by atoms with Crippen LogP contribution < -0.4 is 5.32 Å². The molecule has 0 saturated heterocycles. The minimum atomic E-state index is 0.267. The second-order valence-electron chi connectivity index (χ2n) is 4.04. The van der Waals surface area contributed by atoms with Crippen LogP contribution in [-0.2, 0) is 6.42 Å². The van der Waals surface area contributed by atoms with Gasteiger partial charge in [-0.3, -0.25) is 0 Å². The summed E-state index contributed by atoms with van der Waals surface area (Å²) in [5.74, 6) is 0. The van der Waals surface area contributed by atoms with E-state index in [1.165, 1.54) is 10.4 Å². The van der Waals surface area contributed by atoms with Crippen LogP contribution in [0.5, 0.6) is 0 Å². The molecule has 2 rings (SSSR count). The quantitative estimate of drug-likeness (QED) is 0.880. The van der Waals surface area contributed by atoms with E-state index in [4.69, 9.17) is 16.0 Å². The Bertz CT molecular complexity index is 464. The van der Waals surface area contributed by atoms with E-state index in [-0.39, 0.29) is 6.04 Å². The molecule has 0 fully saturated rings. The Morgan fingerprint density at radius 3 is 2.88 bits per heavy atom. The molecular weight excluding hydrogens is 254 g/mol. The Morgan fingerprint density at radius 1 is 1.53 bits per heavy atom. The number of nitrogens with one attached hydrogen (secondary N) is 1. The molecule has 0 aliphatic heterocycles. The van der Waals surface area contributed by atoms with Crippen molar-refractivity contribution in [2.75, 3.05) is 6.54 Å². The normalized spacial score (nSPS) is 12.9. The smallest absolute Gasteiger partial charge is 0.0935 e. The highest BCUT2D eigenvalue weighted by atomic mass is 35.5. The molecule has 2 nitrogen and oxygen atoms in total. The zero-order valence-electron chi connectivity index (χ0n) is 10.00. The molecule has 0 aromatic carbocycles. The van der Waals surface area contributed by atoms with Crippen LogP contribution in [0.3, 0.4) is 0 Å². The Labute approximate surface area is 111 Å². The van der Waals surface area contributed by atoms with Crippen LogP contribution in [0.25, 0.3) is 0 Å². The Balaban J connectivity index is 2.20. The van der Waals surface area contributed by atoms with Gasteiger partial charge in [-0.05, 0) is 42.5 Å². The molecule has 2 heterocycles. The summed E-state index contributed by atoms with van der Waals surface area (Å²) in [6.07, 6.45) is 4.41. The number of aryl methyl sites for hydroxylation is 1. The molecule has 0 spiro atoms. The van der Waals surface area contributed by atoms with Crippen molar-refractivity contribution in [3.05, 3.63) is 45.0 Å². The summed E-state index contributed by atoms with van der Waals surface area (Å²) in [5.41, 5.74) is 2.35. The highest BCUT2D eigenvalue weighted by Crippen LogP contribution is 2.34. The third-order valence-electron chi connectivity index (χ3n) is 2.71. The topological polar surface area (TPSA) is 25.2 Å². The van der Waals surface area contributed by atoms with Crippen molar-refractivity contribution in [3.8, 4) is 0 Å². The van der Waals surface area contributed by atoms with E-state index < -0.39 is 0 Å². The van der Waals surface area contributed by atoms with Gasteiger partial charge in [0, 0.05) is 10.9 Å². The van der Waals surface area contributed by atoms with Crippen molar-refractivity contribution >= 4 is 22.9 Å². The van der Waals surface area contributed by atoms with Crippen LogP contribution in [0.1, 0.15) is 29.0 Å². The van der Waals surface area contributed by atoms with Gasteiger partial charge in [0.2, 0.25) is 0 Å². The van der Waals surface area contributed by atoms with Gasteiger partial charge >= 0.3 is 0 Å². The number of hydrogen-bond donors (Lipinski definition) is 1. The number of furan rings is 1. The highest BCUT2D eigenvalue weighted by Gasteiger charge is 2.18. The number of hydrogen-bond acceptors (Lipinski definition) is 3. The fraction of sp³-hybridized carbons (Fsp3) is 0.385. The number of rotatable bonds is 5. The van der Waals surface area contributed by atoms with E-state index in [2.05, 4.69) is 17.6 Å². The fourth-order valence-corrected chi connectivity index (χ4v) is 3.23. The molecule has 0 bridgehead atoms. The average molecular weight is 270 g/mol. The lowest BCUT2D eigenvalue weighted by molar-refractivity contribution is 0.540. The van der Waals surface area contributed by atoms with Crippen molar-refractivity contribution in [2.45, 2.75) is 26.3 Å². The monoisotopic (exact) mass is 269 g/mol. The summed E-state index contributed by atoms with van der Waals surface area (Å²) in [6, 6.07) is 2.27. The molecule has 0 amide bonds. The SMILES string of the molecule is CCNC(Cc1ccoc1)c1scc(C)c1Cl. The molecule has 17 heavy (non-hydrogen) atoms. The maximum Gasteiger partial charge on any atom is 0.0935 e. The van der Waals surface area contributed by atoms with Gasteiger partial charge in [-0.1, -0.05) is 18.5 Å². The van der Waals surface area contributed by atoms with Crippen molar-refractivity contribution in [2.24, 2.45) is 0 Å². The van der Waals surface area contributed by atoms with Gasteiger partial charge in [-0.25, -0.2) is 0 Å². The van der Waals surface area contributed by atoms with E-state index >= 15 is 0 Å². The highest BCUT2D eigenvalue weighted by molar-refractivity contribution is 7.10. The second-order valence-corrected chi connectivity index (χ2v) is 5.33. The molecule has 0 radical (unpaired) electrons. The standard InChI is InChI=1S/C13H16ClNOS/c1-3-15-11(6-10-4-5-16-7-10)13-12(14)9(2)8-17-13/h4-5,7-8,11,15H,3,6H2,1-2H3. The van der Waals surface area contributed by atoms with Crippen LogP contribution in [0.15, 0.2) is 28.4 Å². The first-order valence-corrected chi connectivity index (χ1v) is 6.96. The van der Waals surface area contributed by atoms with Crippen molar-refractivity contribution in [3.63, 3.8) is 0 Å². The first-order valence-electron chi connectivity index (χ1n) is 5.70. The number of likely N-dealkylation sites (N-methyl/N-ethyl adjacent to an activating group) is 1. The van der Waals surface area contributed by atoms with Gasteiger partial charge < -0.3 is 9.73 Å². The lowest BCUT2D eigenvalue weighted by Gasteiger charge is -2.16. The maximum absolute atomic E-state index is 6.33. The molecule has 0 aliphatic carbocycles. The third-order valence-corrected chi connectivity index (χ3v) is 4.54. The molecule has 2 aromatic heterocycles. The first kappa shape index (κ1) is 12.7. The molecule has 0 saturated carbocycles. The zero-order valence-corrected chi connectivity index (χ0v) is 11.6. The van der Waals surface area contributed by atoms with Crippen LogP contribution >= 0.6 is 22.9 Å². The fourth-order valence-electron chi connectivity index (χ4n) is 1.83. The van der Waals surface area contributed by atoms with Crippen LogP contribution in [-0.4, -0.2) is 6.54 Å². The first-order chi connectivity index (χ1) is 8.22. The number of halogens is 1. The van der Waals surface area contributed by atoms with Crippen molar-refractivity contribution in [1.82, 2.24) is 5.32 Å². The second kappa shape index (κ2) is 5.71. The Morgan fingerprint density at radius 2 is 2.35 bits per heavy atom. The predicted octanol–water partition coefficient (Wildman–Crippen LogP) is 4.20. The minimum absolute atomic E-state index is 0.267. The predicted molar refractivity (Wildman–Crippen MR) is 72.9 cm³/mol. The Hall–Kier alpha value is -0.770. The molecule has 1 unspecified atom stereocenters. The van der Waals surface area contributed by atoms with E-state index in [0.717, 1.165) is 23.6 Å². The number of thiophene rings is 1. The molecular formula is C13H16ClNOS. The molecule has 92 valence electrons. The van der Waals surface area contributed by atoms with Gasteiger partial charge in [-0.15, -0.1) is 11.3 Å². The van der Waals surface area contributed by atoms with Gasteiger partial charge in [-0.2, -0.15) is 0 Å². The lowest BCUT2D eigenvalue weighted by Crippen LogP contribution is -2.22. The molecule has 1 atom stereocenters. The maximum atomic E-state index is 6.33. The minimum Gasteiger partial charge on any atom is -0.472 e. The summed E-state index contributed by atoms with van der Waals surface area (Å²) < 4.78 is 5.11. The molecule has 0 aliphatic rings. The molecule has 1 N–H and O–H groups in total. The Kier molecular flexibility index (Phi) is 4.26. The van der Waals surface area contributed by atoms with Crippen molar-refractivity contribution < 1.29 is 4.42 Å². The van der Waals surface area contributed by atoms with Crippen molar-refractivity contribution in [1.29, 1.82) is 0 Å². The third kappa shape index (κ3) is 2.92. The largest absolute Gasteiger partial charge is 0.472 e. The summed E-state index contributed by atoms with van der Waals surface area (Å²) in [5, 5.41) is 6.48.